The lowest BCUT2D eigenvalue weighted by atomic mass is 10.3. The molecule has 1 aromatic carbocycles. The molecule has 15 heavy (non-hydrogen) atoms. The lowest BCUT2D eigenvalue weighted by molar-refractivity contribution is -0.111. The van der Waals surface area contributed by atoms with Crippen LogP contribution in [0.1, 0.15) is 6.92 Å². The third kappa shape index (κ3) is 4.29. The van der Waals surface area contributed by atoms with E-state index in [1.165, 1.54) is 6.08 Å². The van der Waals surface area contributed by atoms with Crippen molar-refractivity contribution >= 4 is 34.2 Å². The standard InChI is InChI=1S/C12H12INO/c1-2-3-4-9-12(15)14-11-8-6-5-7-10(11)13/h2-9H,1H3,(H,14,15). The molecule has 1 aromatic rings. The molecule has 0 saturated heterocycles. The first-order valence-electron chi connectivity index (χ1n) is 4.59. The maximum atomic E-state index is 11.4. The van der Waals surface area contributed by atoms with Crippen LogP contribution in [-0.4, -0.2) is 5.91 Å². The lowest BCUT2D eigenvalue weighted by Crippen LogP contribution is -2.08. The summed E-state index contributed by atoms with van der Waals surface area (Å²) in [7, 11) is 0. The van der Waals surface area contributed by atoms with E-state index in [9.17, 15) is 4.79 Å². The van der Waals surface area contributed by atoms with Crippen LogP contribution in [-0.2, 0) is 4.79 Å². The Morgan fingerprint density at radius 2 is 2.07 bits per heavy atom. The summed E-state index contributed by atoms with van der Waals surface area (Å²) < 4.78 is 1.03. The quantitative estimate of drug-likeness (QED) is 0.517. The van der Waals surface area contributed by atoms with Gasteiger partial charge in [0.1, 0.15) is 0 Å². The summed E-state index contributed by atoms with van der Waals surface area (Å²) in [5, 5.41) is 2.80. The van der Waals surface area contributed by atoms with E-state index < -0.39 is 0 Å². The second-order valence-corrected chi connectivity index (χ2v) is 4.02. The average molecular weight is 313 g/mol. The van der Waals surface area contributed by atoms with Crippen molar-refractivity contribution in [1.82, 2.24) is 0 Å². The molecule has 0 bridgehead atoms. The van der Waals surface area contributed by atoms with Gasteiger partial charge in [0.05, 0.1) is 5.69 Å². The summed E-state index contributed by atoms with van der Waals surface area (Å²) in [4.78, 5) is 11.4. The Labute approximate surface area is 103 Å². The second-order valence-electron chi connectivity index (χ2n) is 2.85. The zero-order valence-electron chi connectivity index (χ0n) is 8.41. The number of para-hydroxylation sites is 1. The fourth-order valence-corrected chi connectivity index (χ4v) is 1.51. The fourth-order valence-electron chi connectivity index (χ4n) is 0.991. The van der Waals surface area contributed by atoms with Crippen LogP contribution in [0.3, 0.4) is 0 Å². The van der Waals surface area contributed by atoms with Crippen LogP contribution >= 0.6 is 22.6 Å². The van der Waals surface area contributed by atoms with Gasteiger partial charge < -0.3 is 5.32 Å². The van der Waals surface area contributed by atoms with Crippen LogP contribution in [0.15, 0.2) is 48.6 Å². The molecule has 0 radical (unpaired) electrons. The molecule has 0 aromatic heterocycles. The molecule has 0 aliphatic rings. The van der Waals surface area contributed by atoms with Gasteiger partial charge in [0, 0.05) is 9.65 Å². The summed E-state index contributed by atoms with van der Waals surface area (Å²) >= 11 is 2.19. The van der Waals surface area contributed by atoms with Gasteiger partial charge in [-0.15, -0.1) is 0 Å². The highest BCUT2D eigenvalue weighted by atomic mass is 127. The van der Waals surface area contributed by atoms with E-state index >= 15 is 0 Å². The molecular weight excluding hydrogens is 301 g/mol. The highest BCUT2D eigenvalue weighted by molar-refractivity contribution is 14.1. The summed E-state index contributed by atoms with van der Waals surface area (Å²) in [5.41, 5.74) is 0.841. The Hall–Kier alpha value is -1.10. The van der Waals surface area contributed by atoms with Gasteiger partial charge in [0.2, 0.25) is 5.91 Å². The number of allylic oxidation sites excluding steroid dienone is 3. The van der Waals surface area contributed by atoms with Crippen LogP contribution in [0.4, 0.5) is 5.69 Å². The molecule has 0 atom stereocenters. The topological polar surface area (TPSA) is 29.1 Å². The summed E-state index contributed by atoms with van der Waals surface area (Å²) in [6, 6.07) is 7.66. The Morgan fingerprint density at radius 1 is 1.33 bits per heavy atom. The number of carbonyl (C=O) groups excluding carboxylic acids is 1. The molecule has 1 N–H and O–H groups in total. The molecule has 2 nitrogen and oxygen atoms in total. The van der Waals surface area contributed by atoms with E-state index in [1.54, 1.807) is 6.08 Å². The van der Waals surface area contributed by atoms with Gasteiger partial charge in [0.25, 0.3) is 0 Å². The van der Waals surface area contributed by atoms with Crippen molar-refractivity contribution in [3.8, 4) is 0 Å². The minimum absolute atomic E-state index is 0.114. The first-order valence-corrected chi connectivity index (χ1v) is 5.67. The molecule has 0 aliphatic carbocycles. The van der Waals surface area contributed by atoms with Gasteiger partial charge in [0.15, 0.2) is 0 Å². The number of hydrogen-bond acceptors (Lipinski definition) is 1. The summed E-state index contributed by atoms with van der Waals surface area (Å²) in [6.07, 6.45) is 6.90. The van der Waals surface area contributed by atoms with Crippen molar-refractivity contribution in [2.24, 2.45) is 0 Å². The van der Waals surface area contributed by atoms with E-state index in [-0.39, 0.29) is 5.91 Å². The maximum Gasteiger partial charge on any atom is 0.248 e. The van der Waals surface area contributed by atoms with E-state index in [1.807, 2.05) is 43.3 Å². The number of amides is 1. The first kappa shape index (κ1) is 12.0. The smallest absolute Gasteiger partial charge is 0.248 e. The molecule has 3 heteroatoms. The van der Waals surface area contributed by atoms with Crippen molar-refractivity contribution in [2.45, 2.75) is 6.92 Å². The Morgan fingerprint density at radius 3 is 2.73 bits per heavy atom. The zero-order valence-corrected chi connectivity index (χ0v) is 10.6. The molecule has 0 aliphatic heterocycles. The number of nitrogens with one attached hydrogen (secondary N) is 1. The number of benzene rings is 1. The van der Waals surface area contributed by atoms with Crippen molar-refractivity contribution in [2.75, 3.05) is 5.32 Å². The summed E-state index contributed by atoms with van der Waals surface area (Å²) in [5.74, 6) is -0.114. The number of rotatable bonds is 3. The van der Waals surface area contributed by atoms with E-state index in [0.29, 0.717) is 0 Å². The van der Waals surface area contributed by atoms with E-state index in [0.717, 1.165) is 9.26 Å². The van der Waals surface area contributed by atoms with Crippen molar-refractivity contribution in [1.29, 1.82) is 0 Å². The number of halogens is 1. The van der Waals surface area contributed by atoms with Crippen molar-refractivity contribution in [3.63, 3.8) is 0 Å². The predicted molar refractivity (Wildman–Crippen MR) is 71.7 cm³/mol. The van der Waals surface area contributed by atoms with Gasteiger partial charge in [-0.3, -0.25) is 4.79 Å². The molecule has 0 spiro atoms. The monoisotopic (exact) mass is 313 g/mol. The number of anilines is 1. The molecule has 0 heterocycles. The largest absolute Gasteiger partial charge is 0.322 e. The molecular formula is C12H12INO. The Kier molecular flexibility index (Phi) is 5.10. The van der Waals surface area contributed by atoms with Gasteiger partial charge >= 0.3 is 0 Å². The van der Waals surface area contributed by atoms with Crippen molar-refractivity contribution < 1.29 is 4.79 Å². The fraction of sp³-hybridized carbons (Fsp3) is 0.0833. The average Bonchev–Trinajstić information content (AvgIpc) is 2.22. The molecule has 1 amide bonds. The zero-order chi connectivity index (χ0) is 11.1. The first-order chi connectivity index (χ1) is 7.24. The maximum absolute atomic E-state index is 11.4. The third-order valence-electron chi connectivity index (χ3n) is 1.68. The van der Waals surface area contributed by atoms with Crippen molar-refractivity contribution in [3.05, 3.63) is 52.1 Å². The van der Waals surface area contributed by atoms with E-state index in [2.05, 4.69) is 27.9 Å². The minimum Gasteiger partial charge on any atom is -0.322 e. The molecule has 1 rings (SSSR count). The second kappa shape index (κ2) is 6.40. The van der Waals surface area contributed by atoms with Crippen LogP contribution in [0.25, 0.3) is 0 Å². The molecule has 0 saturated carbocycles. The summed E-state index contributed by atoms with van der Waals surface area (Å²) in [6.45, 7) is 1.91. The van der Waals surface area contributed by atoms with Gasteiger partial charge in [-0.25, -0.2) is 0 Å². The molecule has 78 valence electrons. The number of hydrogen-bond donors (Lipinski definition) is 1. The van der Waals surface area contributed by atoms with Crippen LogP contribution < -0.4 is 5.32 Å². The molecule has 0 unspecified atom stereocenters. The highest BCUT2D eigenvalue weighted by Gasteiger charge is 2.00. The van der Waals surface area contributed by atoms with Gasteiger partial charge in [-0.2, -0.15) is 0 Å². The van der Waals surface area contributed by atoms with Crippen LogP contribution in [0.2, 0.25) is 0 Å². The van der Waals surface area contributed by atoms with E-state index in [4.69, 9.17) is 0 Å². The third-order valence-corrected chi connectivity index (χ3v) is 2.62. The SMILES string of the molecule is CC=CC=CC(=O)Nc1ccccc1I. The molecule has 0 fully saturated rings. The Bertz CT molecular complexity index is 396. The normalized spacial score (nSPS) is 11.1. The van der Waals surface area contributed by atoms with Gasteiger partial charge in [-0.05, 0) is 41.6 Å². The highest BCUT2D eigenvalue weighted by Crippen LogP contribution is 2.16. The van der Waals surface area contributed by atoms with Crippen LogP contribution in [0, 0.1) is 3.57 Å². The lowest BCUT2D eigenvalue weighted by Gasteiger charge is -2.03. The Balaban J connectivity index is 2.63. The predicted octanol–water partition coefficient (Wildman–Crippen LogP) is 3.36. The minimum atomic E-state index is -0.114. The number of carbonyl (C=O) groups is 1. The van der Waals surface area contributed by atoms with Crippen LogP contribution in [0.5, 0.6) is 0 Å². The van der Waals surface area contributed by atoms with Gasteiger partial charge in [-0.1, -0.05) is 30.4 Å².